The van der Waals surface area contributed by atoms with Gasteiger partial charge in [-0.15, -0.1) is 0 Å². The van der Waals surface area contributed by atoms with Crippen LogP contribution in [0.15, 0.2) is 12.5 Å². The number of nitrogens with one attached hydrogen (secondary N) is 3. The summed E-state index contributed by atoms with van der Waals surface area (Å²) >= 11 is 0. The molecular formula is C49H87N5O11. The van der Waals surface area contributed by atoms with Crippen molar-refractivity contribution < 1.29 is 52.8 Å². The number of hydrogen-bond acceptors (Lipinski definition) is 12. The van der Waals surface area contributed by atoms with Gasteiger partial charge in [-0.05, 0) is 25.7 Å². The second-order valence-corrected chi connectivity index (χ2v) is 17.9. The zero-order valence-electron chi connectivity index (χ0n) is 40.4. The first-order chi connectivity index (χ1) is 31.4. The van der Waals surface area contributed by atoms with Crippen LogP contribution in [0, 0.1) is 11.3 Å². The topological polar surface area (TPSA) is 238 Å². The standard InChI is InChI=1S/C49H87N5O11/c1-4-5-6-7-8-9-10-11-12-13-14-15-16-17-18-23-42(55)24-21-27-62-29-31-64-38-47(59)53-26-28-63-30-32-65-37-46(58)52-25-20-19-22-40(48(60)61)33-45(57)49(2,3)35-44(56)43(50)34-41-36-51-39-54-41/h36,39-40,43H,4-35,37-38,50H2,1-3H3,(H,51,54)(H,52,58)(H,53,59)(H,60,61)/t40-,43+/m1/s1. The van der Waals surface area contributed by atoms with Gasteiger partial charge in [0.1, 0.15) is 24.8 Å². The number of amides is 2. The predicted octanol–water partition coefficient (Wildman–Crippen LogP) is 7.00. The van der Waals surface area contributed by atoms with Gasteiger partial charge in [0.25, 0.3) is 0 Å². The van der Waals surface area contributed by atoms with Crippen LogP contribution in [-0.2, 0) is 54.1 Å². The molecular weight excluding hydrogens is 835 g/mol. The van der Waals surface area contributed by atoms with Crippen LogP contribution < -0.4 is 16.4 Å². The van der Waals surface area contributed by atoms with Crippen molar-refractivity contribution in [1.82, 2.24) is 20.6 Å². The van der Waals surface area contributed by atoms with Crippen molar-refractivity contribution in [2.24, 2.45) is 17.1 Å². The molecule has 1 aromatic rings. The molecule has 0 unspecified atom stereocenters. The van der Waals surface area contributed by atoms with Gasteiger partial charge in [-0.2, -0.15) is 0 Å². The zero-order valence-corrected chi connectivity index (χ0v) is 40.4. The van der Waals surface area contributed by atoms with Gasteiger partial charge in [0, 0.05) is 69.1 Å². The average Bonchev–Trinajstić information content (AvgIpc) is 3.79. The van der Waals surface area contributed by atoms with E-state index < -0.39 is 23.3 Å². The number of nitrogens with zero attached hydrogens (tertiary/aromatic N) is 1. The molecule has 16 heteroatoms. The maximum atomic E-state index is 13.0. The van der Waals surface area contributed by atoms with Crippen molar-refractivity contribution in [1.29, 1.82) is 0 Å². The Bertz CT molecular complexity index is 1410. The number of aromatic amines is 1. The van der Waals surface area contributed by atoms with Gasteiger partial charge in [0.2, 0.25) is 11.8 Å². The first-order valence-corrected chi connectivity index (χ1v) is 24.7. The number of carboxylic acids is 1. The number of nitrogens with two attached hydrogens (primary N) is 1. The van der Waals surface area contributed by atoms with Crippen molar-refractivity contribution in [3.8, 4) is 0 Å². The Kier molecular flexibility index (Phi) is 36.2. The lowest BCUT2D eigenvalue weighted by atomic mass is 9.77. The highest BCUT2D eigenvalue weighted by Gasteiger charge is 2.35. The Morgan fingerprint density at radius 2 is 1.20 bits per heavy atom. The van der Waals surface area contributed by atoms with E-state index in [0.717, 1.165) is 12.8 Å². The Balaban J connectivity index is 1.92. The van der Waals surface area contributed by atoms with Crippen LogP contribution in [0.4, 0.5) is 0 Å². The molecule has 0 aliphatic rings. The highest BCUT2D eigenvalue weighted by Crippen LogP contribution is 2.28. The molecule has 0 saturated carbocycles. The molecule has 0 bridgehead atoms. The van der Waals surface area contributed by atoms with E-state index in [9.17, 15) is 33.9 Å². The van der Waals surface area contributed by atoms with Crippen molar-refractivity contribution in [2.75, 3.05) is 65.9 Å². The first-order valence-electron chi connectivity index (χ1n) is 24.7. The summed E-state index contributed by atoms with van der Waals surface area (Å²) in [4.78, 5) is 80.7. The SMILES string of the molecule is CCCCCCCCCCCCCCCCCC(=O)CCCOCCOCC(=O)NCCOCCOCC(=O)NCCCC[C@H](CC(=O)C(C)(C)CC(=O)[C@@H](N)Cc1cnc[nH]1)C(=O)O. The summed E-state index contributed by atoms with van der Waals surface area (Å²) in [7, 11) is 0. The Morgan fingerprint density at radius 1 is 0.677 bits per heavy atom. The van der Waals surface area contributed by atoms with Crippen LogP contribution in [0.2, 0.25) is 0 Å². The summed E-state index contributed by atoms with van der Waals surface area (Å²) in [6, 6.07) is -0.804. The molecule has 65 heavy (non-hydrogen) atoms. The third-order valence-electron chi connectivity index (χ3n) is 11.4. The normalized spacial score (nSPS) is 12.5. The van der Waals surface area contributed by atoms with E-state index in [1.165, 1.54) is 89.8 Å². The van der Waals surface area contributed by atoms with Gasteiger partial charge in [-0.1, -0.05) is 117 Å². The number of carboxylic acid groups (broad SMARTS) is 1. The number of aliphatic carboxylic acids is 1. The number of aromatic nitrogens is 2. The van der Waals surface area contributed by atoms with Gasteiger partial charge in [-0.25, -0.2) is 4.98 Å². The van der Waals surface area contributed by atoms with E-state index in [4.69, 9.17) is 24.7 Å². The summed E-state index contributed by atoms with van der Waals surface area (Å²) < 4.78 is 21.7. The van der Waals surface area contributed by atoms with Gasteiger partial charge in [0.15, 0.2) is 5.78 Å². The lowest BCUT2D eigenvalue weighted by Crippen LogP contribution is -2.38. The average molecular weight is 922 g/mol. The second-order valence-electron chi connectivity index (χ2n) is 17.9. The molecule has 1 heterocycles. The predicted molar refractivity (Wildman–Crippen MR) is 251 cm³/mol. The van der Waals surface area contributed by atoms with Gasteiger partial charge < -0.3 is 45.4 Å². The van der Waals surface area contributed by atoms with Gasteiger partial charge in [0.05, 0.1) is 51.3 Å². The van der Waals surface area contributed by atoms with E-state index in [0.29, 0.717) is 69.9 Å². The highest BCUT2D eigenvalue weighted by molar-refractivity contribution is 5.94. The van der Waals surface area contributed by atoms with Crippen LogP contribution in [0.25, 0.3) is 0 Å². The first kappa shape index (κ1) is 59.4. The van der Waals surface area contributed by atoms with E-state index in [-0.39, 0.29) is 88.7 Å². The molecule has 0 aliphatic carbocycles. The smallest absolute Gasteiger partial charge is 0.306 e. The number of imidazole rings is 1. The van der Waals surface area contributed by atoms with Crippen LogP contribution in [0.3, 0.4) is 0 Å². The number of Topliss-reactive ketones (excluding diaryl/α,β-unsaturated/α-hetero) is 3. The lowest BCUT2D eigenvalue weighted by Gasteiger charge is -2.25. The molecule has 0 saturated heterocycles. The van der Waals surface area contributed by atoms with Crippen molar-refractivity contribution in [2.45, 2.75) is 181 Å². The number of unbranched alkanes of at least 4 members (excludes halogenated alkanes) is 15. The monoisotopic (exact) mass is 922 g/mol. The van der Waals surface area contributed by atoms with Crippen molar-refractivity contribution in [3.05, 3.63) is 18.2 Å². The molecule has 374 valence electrons. The van der Waals surface area contributed by atoms with Crippen molar-refractivity contribution >= 4 is 35.1 Å². The van der Waals surface area contributed by atoms with Gasteiger partial charge >= 0.3 is 5.97 Å². The largest absolute Gasteiger partial charge is 0.481 e. The minimum absolute atomic E-state index is 0.0913. The van der Waals surface area contributed by atoms with E-state index >= 15 is 0 Å². The maximum Gasteiger partial charge on any atom is 0.306 e. The molecule has 0 aliphatic heterocycles. The molecule has 6 N–H and O–H groups in total. The number of carbonyl (C=O) groups excluding carboxylic acids is 5. The number of rotatable bonds is 47. The number of ketones is 3. The third-order valence-corrected chi connectivity index (χ3v) is 11.4. The molecule has 2 amide bonds. The van der Waals surface area contributed by atoms with Crippen LogP contribution >= 0.6 is 0 Å². The highest BCUT2D eigenvalue weighted by atomic mass is 16.5. The summed E-state index contributed by atoms with van der Waals surface area (Å²) in [5.74, 6) is -2.87. The molecule has 1 aromatic heterocycles. The summed E-state index contributed by atoms with van der Waals surface area (Å²) in [6.07, 6.45) is 25.9. The van der Waals surface area contributed by atoms with Crippen molar-refractivity contribution in [3.63, 3.8) is 0 Å². The van der Waals surface area contributed by atoms with Crippen LogP contribution in [0.1, 0.15) is 174 Å². The molecule has 1 rings (SSSR count). The maximum absolute atomic E-state index is 13.0. The minimum atomic E-state index is -1.08. The molecule has 16 nitrogen and oxygen atoms in total. The Labute approximate surface area is 389 Å². The fraction of sp³-hybridized carbons (Fsp3) is 0.816. The molecule has 0 radical (unpaired) electrons. The summed E-state index contributed by atoms with van der Waals surface area (Å²) in [5, 5.41) is 15.1. The molecule has 0 aromatic carbocycles. The van der Waals surface area contributed by atoms with Crippen LogP contribution in [-0.4, -0.2) is 122 Å². The molecule has 0 spiro atoms. The molecule has 0 fully saturated rings. The number of hydrogen-bond donors (Lipinski definition) is 5. The van der Waals surface area contributed by atoms with E-state index in [1.54, 1.807) is 20.0 Å². The quantitative estimate of drug-likeness (QED) is 0.0414. The fourth-order valence-corrected chi connectivity index (χ4v) is 7.29. The Hall–Kier alpha value is -3.57. The summed E-state index contributed by atoms with van der Waals surface area (Å²) in [5.41, 5.74) is 5.68. The van der Waals surface area contributed by atoms with E-state index in [1.807, 2.05) is 0 Å². The van der Waals surface area contributed by atoms with Crippen LogP contribution in [0.5, 0.6) is 0 Å². The number of ether oxygens (including phenoxy) is 4. The zero-order chi connectivity index (χ0) is 47.8. The number of carbonyl (C=O) groups is 6. The molecule has 2 atom stereocenters. The fourth-order valence-electron chi connectivity index (χ4n) is 7.29. The van der Waals surface area contributed by atoms with E-state index in [2.05, 4.69) is 27.5 Å². The number of H-pyrrole nitrogens is 1. The lowest BCUT2D eigenvalue weighted by molar-refractivity contribution is -0.145. The Morgan fingerprint density at radius 3 is 1.75 bits per heavy atom. The summed E-state index contributed by atoms with van der Waals surface area (Å²) in [6.45, 7) is 7.71. The van der Waals surface area contributed by atoms with Gasteiger partial charge in [-0.3, -0.25) is 28.8 Å². The minimum Gasteiger partial charge on any atom is -0.481 e. The second kappa shape index (κ2) is 39.6. The third kappa shape index (κ3) is 34.4.